The van der Waals surface area contributed by atoms with Crippen LogP contribution in [0.3, 0.4) is 0 Å². The highest BCUT2D eigenvalue weighted by Crippen LogP contribution is 2.32. The lowest BCUT2D eigenvalue weighted by Gasteiger charge is -2.15. The molecule has 0 spiro atoms. The fraction of sp³-hybridized carbons (Fsp3) is 0.474. The fourth-order valence-corrected chi connectivity index (χ4v) is 3.21. The number of carbonyl (C=O) groups excluding carboxylic acids is 1. The van der Waals surface area contributed by atoms with Crippen LogP contribution in [0.25, 0.3) is 0 Å². The molecule has 0 atom stereocenters. The maximum atomic E-state index is 11.9. The Bertz CT molecular complexity index is 691. The predicted molar refractivity (Wildman–Crippen MR) is 104 cm³/mol. The molecule has 0 saturated carbocycles. The number of allylic oxidation sites excluding steroid dienone is 1. The highest BCUT2D eigenvalue weighted by molar-refractivity contribution is 7.80. The standard InChI is InChI=1S/C19H25N3O3S/c23-18(9-7-15-6-8-16-17(12-15)25-13-24-16)21-22-19(26)20-11-10-14-4-2-1-3-5-14/h4,6,8,12H,1-3,5,7,9-11,13H2,(H,21,23)(H2,20,22,26). The summed E-state index contributed by atoms with van der Waals surface area (Å²) in [5, 5.41) is 3.56. The first kappa shape index (κ1) is 18.5. The quantitative estimate of drug-likeness (QED) is 0.403. The van der Waals surface area contributed by atoms with E-state index in [1.54, 1.807) is 0 Å². The number of hydrogen-bond acceptors (Lipinski definition) is 4. The maximum Gasteiger partial charge on any atom is 0.238 e. The highest BCUT2D eigenvalue weighted by Gasteiger charge is 2.13. The Hall–Kier alpha value is -2.28. The molecule has 1 amide bonds. The summed E-state index contributed by atoms with van der Waals surface area (Å²) in [6.07, 6.45) is 9.29. The van der Waals surface area contributed by atoms with Crippen molar-refractivity contribution in [2.45, 2.75) is 44.9 Å². The fourth-order valence-electron chi connectivity index (χ4n) is 3.06. The molecule has 6 nitrogen and oxygen atoms in total. The molecule has 26 heavy (non-hydrogen) atoms. The van der Waals surface area contributed by atoms with E-state index in [4.69, 9.17) is 21.7 Å². The topological polar surface area (TPSA) is 71.6 Å². The number of ether oxygens (including phenoxy) is 2. The van der Waals surface area contributed by atoms with Crippen LogP contribution in [0.4, 0.5) is 0 Å². The zero-order chi connectivity index (χ0) is 18.2. The molecule has 1 aliphatic heterocycles. The lowest BCUT2D eigenvalue weighted by Crippen LogP contribution is -2.47. The minimum absolute atomic E-state index is 0.109. The molecular weight excluding hydrogens is 350 g/mol. The van der Waals surface area contributed by atoms with Gasteiger partial charge in [0.1, 0.15) is 0 Å². The first-order chi connectivity index (χ1) is 12.7. The third-order valence-corrected chi connectivity index (χ3v) is 4.76. The Morgan fingerprint density at radius 3 is 2.85 bits per heavy atom. The zero-order valence-electron chi connectivity index (χ0n) is 14.8. The first-order valence-electron chi connectivity index (χ1n) is 9.10. The van der Waals surface area contributed by atoms with E-state index in [2.05, 4.69) is 22.2 Å². The maximum absolute atomic E-state index is 11.9. The number of nitrogens with one attached hydrogen (secondary N) is 3. The molecule has 1 aromatic carbocycles. The molecular formula is C19H25N3O3S. The van der Waals surface area contributed by atoms with E-state index in [0.29, 0.717) is 18.0 Å². The van der Waals surface area contributed by atoms with Crippen LogP contribution in [0.15, 0.2) is 29.8 Å². The highest BCUT2D eigenvalue weighted by atomic mass is 32.1. The Morgan fingerprint density at radius 1 is 1.12 bits per heavy atom. The monoisotopic (exact) mass is 375 g/mol. The number of amides is 1. The summed E-state index contributed by atoms with van der Waals surface area (Å²) < 4.78 is 10.6. The lowest BCUT2D eigenvalue weighted by atomic mass is 9.97. The van der Waals surface area contributed by atoms with Crippen LogP contribution >= 0.6 is 12.2 Å². The minimum atomic E-state index is -0.109. The van der Waals surface area contributed by atoms with Crippen molar-refractivity contribution in [2.75, 3.05) is 13.3 Å². The van der Waals surface area contributed by atoms with Crippen molar-refractivity contribution in [3.8, 4) is 11.5 Å². The number of fused-ring (bicyclic) bond motifs is 1. The number of thiocarbonyl (C=S) groups is 1. The van der Waals surface area contributed by atoms with E-state index < -0.39 is 0 Å². The van der Waals surface area contributed by atoms with Crippen LogP contribution in [-0.4, -0.2) is 24.4 Å². The molecule has 0 saturated heterocycles. The van der Waals surface area contributed by atoms with Crippen LogP contribution < -0.4 is 25.6 Å². The zero-order valence-corrected chi connectivity index (χ0v) is 15.6. The number of carbonyl (C=O) groups is 1. The first-order valence-corrected chi connectivity index (χ1v) is 9.50. The Labute approximate surface area is 159 Å². The van der Waals surface area contributed by atoms with Gasteiger partial charge in [-0.3, -0.25) is 15.6 Å². The van der Waals surface area contributed by atoms with E-state index >= 15 is 0 Å². The average molecular weight is 375 g/mol. The van der Waals surface area contributed by atoms with Gasteiger partial charge in [-0.05, 0) is 68.4 Å². The van der Waals surface area contributed by atoms with Gasteiger partial charge in [-0.2, -0.15) is 0 Å². The Balaban J connectivity index is 1.29. The summed E-state index contributed by atoms with van der Waals surface area (Å²) in [6, 6.07) is 5.73. The van der Waals surface area contributed by atoms with Gasteiger partial charge in [-0.15, -0.1) is 0 Å². The Morgan fingerprint density at radius 2 is 2.00 bits per heavy atom. The molecule has 3 N–H and O–H groups in total. The molecule has 1 aromatic rings. The molecule has 0 bridgehead atoms. The summed E-state index contributed by atoms with van der Waals surface area (Å²) in [5.74, 6) is 1.38. The minimum Gasteiger partial charge on any atom is -0.454 e. The Kier molecular flexibility index (Phi) is 6.71. The summed E-state index contributed by atoms with van der Waals surface area (Å²) in [7, 11) is 0. The second-order valence-electron chi connectivity index (χ2n) is 6.47. The second kappa shape index (κ2) is 9.43. The molecule has 0 unspecified atom stereocenters. The average Bonchev–Trinajstić information content (AvgIpc) is 3.13. The molecule has 0 fully saturated rings. The normalized spacial score (nSPS) is 15.2. The van der Waals surface area contributed by atoms with Crippen molar-refractivity contribution >= 4 is 23.2 Å². The summed E-state index contributed by atoms with van der Waals surface area (Å²) in [4.78, 5) is 11.9. The van der Waals surface area contributed by atoms with Crippen LogP contribution in [0.5, 0.6) is 11.5 Å². The largest absolute Gasteiger partial charge is 0.454 e. The second-order valence-corrected chi connectivity index (χ2v) is 6.88. The molecule has 1 heterocycles. The number of aryl methyl sites for hydroxylation is 1. The summed E-state index contributed by atoms with van der Waals surface area (Å²) >= 11 is 5.18. The number of hydrogen-bond donors (Lipinski definition) is 3. The molecule has 1 aliphatic carbocycles. The van der Waals surface area contributed by atoms with Crippen molar-refractivity contribution in [1.82, 2.24) is 16.2 Å². The van der Waals surface area contributed by atoms with Crippen LogP contribution in [-0.2, 0) is 11.2 Å². The molecule has 140 valence electrons. The van der Waals surface area contributed by atoms with Gasteiger partial charge >= 0.3 is 0 Å². The van der Waals surface area contributed by atoms with Gasteiger partial charge in [0.15, 0.2) is 16.6 Å². The van der Waals surface area contributed by atoms with Crippen LogP contribution in [0.1, 0.15) is 44.1 Å². The number of rotatable bonds is 6. The van der Waals surface area contributed by atoms with Gasteiger partial charge in [0.05, 0.1) is 0 Å². The molecule has 0 aromatic heterocycles. The van der Waals surface area contributed by atoms with E-state index in [1.165, 1.54) is 31.3 Å². The van der Waals surface area contributed by atoms with Gasteiger partial charge in [0.25, 0.3) is 0 Å². The summed E-state index contributed by atoms with van der Waals surface area (Å²) in [6.45, 7) is 1.04. The SMILES string of the molecule is O=C(CCc1ccc2c(c1)OCO2)NNC(=S)NCCC1=CCCCC1. The van der Waals surface area contributed by atoms with E-state index in [1.807, 2.05) is 18.2 Å². The van der Waals surface area contributed by atoms with Crippen LogP contribution in [0, 0.1) is 0 Å². The predicted octanol–water partition coefficient (Wildman–Crippen LogP) is 2.73. The van der Waals surface area contributed by atoms with Crippen molar-refractivity contribution < 1.29 is 14.3 Å². The molecule has 2 aliphatic rings. The molecule has 7 heteroatoms. The van der Waals surface area contributed by atoms with Gasteiger partial charge in [-0.1, -0.05) is 17.7 Å². The van der Waals surface area contributed by atoms with Crippen molar-refractivity contribution in [2.24, 2.45) is 0 Å². The van der Waals surface area contributed by atoms with E-state index in [9.17, 15) is 4.79 Å². The van der Waals surface area contributed by atoms with Gasteiger partial charge in [0.2, 0.25) is 12.7 Å². The smallest absolute Gasteiger partial charge is 0.238 e. The van der Waals surface area contributed by atoms with Crippen molar-refractivity contribution in [3.63, 3.8) is 0 Å². The third-order valence-electron chi connectivity index (χ3n) is 4.51. The van der Waals surface area contributed by atoms with Gasteiger partial charge < -0.3 is 14.8 Å². The van der Waals surface area contributed by atoms with E-state index in [-0.39, 0.29) is 12.7 Å². The van der Waals surface area contributed by atoms with Crippen molar-refractivity contribution in [3.05, 3.63) is 35.4 Å². The summed E-state index contributed by atoms with van der Waals surface area (Å²) in [5.41, 5.74) is 7.92. The third kappa shape index (κ3) is 5.62. The van der Waals surface area contributed by atoms with Crippen LogP contribution in [0.2, 0.25) is 0 Å². The van der Waals surface area contributed by atoms with Gasteiger partial charge in [-0.25, -0.2) is 0 Å². The molecule has 3 rings (SSSR count). The molecule has 0 radical (unpaired) electrons. The number of benzene rings is 1. The van der Waals surface area contributed by atoms with Crippen molar-refractivity contribution in [1.29, 1.82) is 0 Å². The lowest BCUT2D eigenvalue weighted by molar-refractivity contribution is -0.121. The van der Waals surface area contributed by atoms with Gasteiger partial charge in [0, 0.05) is 13.0 Å². The van der Waals surface area contributed by atoms with E-state index in [0.717, 1.165) is 30.0 Å². The number of hydrazine groups is 1.